The lowest BCUT2D eigenvalue weighted by atomic mass is 9.96. The molecule has 134 valence electrons. The standard InChI is InChI=1S/C14H13F6NO3/c15-10-3-7(1-2-11(10)24-13(16)17)4-21-5-8(12(22)23)9(6-21)14(18,19)20/h1-3,8-9,13H,4-6H2,(H,22,23)/t8-,9-/m1/s1. The maximum Gasteiger partial charge on any atom is 0.393 e. The summed E-state index contributed by atoms with van der Waals surface area (Å²) in [7, 11) is 0. The van der Waals surface area contributed by atoms with Gasteiger partial charge in [-0.15, -0.1) is 0 Å². The third-order valence-corrected chi connectivity index (χ3v) is 3.75. The zero-order valence-corrected chi connectivity index (χ0v) is 12.1. The molecule has 1 aromatic carbocycles. The average Bonchev–Trinajstić information content (AvgIpc) is 2.85. The van der Waals surface area contributed by atoms with E-state index in [0.29, 0.717) is 0 Å². The normalized spacial score (nSPS) is 22.1. The van der Waals surface area contributed by atoms with E-state index in [1.165, 1.54) is 11.0 Å². The van der Waals surface area contributed by atoms with Crippen LogP contribution in [0.1, 0.15) is 5.56 Å². The minimum Gasteiger partial charge on any atom is -0.481 e. The van der Waals surface area contributed by atoms with Gasteiger partial charge in [0.1, 0.15) is 0 Å². The van der Waals surface area contributed by atoms with Gasteiger partial charge in [-0.1, -0.05) is 6.07 Å². The summed E-state index contributed by atoms with van der Waals surface area (Å²) >= 11 is 0. The number of benzene rings is 1. The number of rotatable bonds is 5. The third kappa shape index (κ3) is 4.31. The van der Waals surface area contributed by atoms with Crippen molar-refractivity contribution in [3.8, 4) is 5.75 Å². The minimum atomic E-state index is -4.65. The third-order valence-electron chi connectivity index (χ3n) is 3.75. The molecular weight excluding hydrogens is 344 g/mol. The van der Waals surface area contributed by atoms with Gasteiger partial charge >= 0.3 is 18.8 Å². The summed E-state index contributed by atoms with van der Waals surface area (Å²) in [5, 5.41) is 8.92. The zero-order chi connectivity index (χ0) is 18.1. The highest BCUT2D eigenvalue weighted by Crippen LogP contribution is 2.38. The van der Waals surface area contributed by atoms with Crippen molar-refractivity contribution in [2.24, 2.45) is 11.8 Å². The fourth-order valence-electron chi connectivity index (χ4n) is 2.69. The number of aliphatic carboxylic acids is 1. The van der Waals surface area contributed by atoms with Crippen LogP contribution >= 0.6 is 0 Å². The topological polar surface area (TPSA) is 49.8 Å². The Morgan fingerprint density at radius 1 is 1.33 bits per heavy atom. The molecule has 0 amide bonds. The van der Waals surface area contributed by atoms with Crippen LogP contribution < -0.4 is 4.74 Å². The molecule has 24 heavy (non-hydrogen) atoms. The Morgan fingerprint density at radius 2 is 2.00 bits per heavy atom. The van der Waals surface area contributed by atoms with Gasteiger partial charge in [-0.2, -0.15) is 22.0 Å². The molecule has 0 spiro atoms. The zero-order valence-electron chi connectivity index (χ0n) is 12.1. The van der Waals surface area contributed by atoms with Crippen LogP contribution in [0.2, 0.25) is 0 Å². The van der Waals surface area contributed by atoms with E-state index in [-0.39, 0.29) is 18.7 Å². The predicted molar refractivity (Wildman–Crippen MR) is 69.0 cm³/mol. The number of likely N-dealkylation sites (tertiary alicyclic amines) is 1. The summed E-state index contributed by atoms with van der Waals surface area (Å²) in [5.41, 5.74) is 0.223. The number of hydrogen-bond donors (Lipinski definition) is 1. The Labute approximate surface area is 132 Å². The fourth-order valence-corrected chi connectivity index (χ4v) is 2.69. The fraction of sp³-hybridized carbons (Fsp3) is 0.500. The number of nitrogens with zero attached hydrogens (tertiary/aromatic N) is 1. The maximum absolute atomic E-state index is 13.6. The molecule has 2 atom stereocenters. The molecule has 0 bridgehead atoms. The average molecular weight is 357 g/mol. The van der Waals surface area contributed by atoms with Crippen LogP contribution in [-0.2, 0) is 11.3 Å². The van der Waals surface area contributed by atoms with Gasteiger partial charge in [-0.3, -0.25) is 9.69 Å². The predicted octanol–water partition coefficient (Wildman–Crippen LogP) is 3.12. The van der Waals surface area contributed by atoms with Crippen LogP contribution in [-0.4, -0.2) is 41.9 Å². The van der Waals surface area contributed by atoms with Gasteiger partial charge in [0.15, 0.2) is 11.6 Å². The second-order valence-corrected chi connectivity index (χ2v) is 5.43. The van der Waals surface area contributed by atoms with Crippen LogP contribution in [0.4, 0.5) is 26.3 Å². The number of carbonyl (C=O) groups is 1. The van der Waals surface area contributed by atoms with Crippen molar-refractivity contribution in [3.63, 3.8) is 0 Å². The Kier molecular flexibility index (Phi) is 5.26. The first kappa shape index (κ1) is 18.4. The Bertz CT molecular complexity index is 607. The maximum atomic E-state index is 13.6. The van der Waals surface area contributed by atoms with E-state index in [4.69, 9.17) is 5.11 Å². The summed E-state index contributed by atoms with van der Waals surface area (Å²) in [6, 6.07) is 3.05. The molecule has 0 saturated carbocycles. The molecule has 1 aliphatic rings. The highest BCUT2D eigenvalue weighted by atomic mass is 19.4. The summed E-state index contributed by atoms with van der Waals surface area (Å²) in [6.07, 6.45) is -4.65. The van der Waals surface area contributed by atoms with Crippen LogP contribution in [0.25, 0.3) is 0 Å². The molecule has 0 aliphatic carbocycles. The van der Waals surface area contributed by atoms with E-state index >= 15 is 0 Å². The minimum absolute atomic E-state index is 0.137. The quantitative estimate of drug-likeness (QED) is 0.823. The molecule has 10 heteroatoms. The van der Waals surface area contributed by atoms with Gasteiger partial charge < -0.3 is 9.84 Å². The summed E-state index contributed by atoms with van der Waals surface area (Å²) < 4.78 is 80.3. The summed E-state index contributed by atoms with van der Waals surface area (Å²) in [4.78, 5) is 12.2. The Morgan fingerprint density at radius 3 is 2.46 bits per heavy atom. The molecule has 0 radical (unpaired) electrons. The van der Waals surface area contributed by atoms with Gasteiger partial charge in [-0.25, -0.2) is 4.39 Å². The molecule has 1 aliphatic heterocycles. The largest absolute Gasteiger partial charge is 0.481 e. The van der Waals surface area contributed by atoms with Crippen LogP contribution in [0.15, 0.2) is 18.2 Å². The van der Waals surface area contributed by atoms with E-state index in [2.05, 4.69) is 4.74 Å². The lowest BCUT2D eigenvalue weighted by Crippen LogP contribution is -2.33. The molecule has 4 nitrogen and oxygen atoms in total. The first-order valence-corrected chi connectivity index (χ1v) is 6.83. The number of carboxylic acids is 1. The number of alkyl halides is 5. The number of halogens is 6. The molecule has 0 aromatic heterocycles. The Hall–Kier alpha value is -1.97. The molecule has 0 unspecified atom stereocenters. The van der Waals surface area contributed by atoms with E-state index in [1.54, 1.807) is 0 Å². The highest BCUT2D eigenvalue weighted by Gasteiger charge is 2.52. The molecule has 1 heterocycles. The molecule has 1 N–H and O–H groups in total. The van der Waals surface area contributed by atoms with Crippen LogP contribution in [0.5, 0.6) is 5.75 Å². The number of hydrogen-bond acceptors (Lipinski definition) is 3. The van der Waals surface area contributed by atoms with Crippen molar-refractivity contribution in [1.82, 2.24) is 4.90 Å². The van der Waals surface area contributed by atoms with Crippen molar-refractivity contribution in [2.45, 2.75) is 19.3 Å². The Balaban J connectivity index is 2.09. The first-order valence-electron chi connectivity index (χ1n) is 6.83. The van der Waals surface area contributed by atoms with Crippen molar-refractivity contribution >= 4 is 5.97 Å². The lowest BCUT2D eigenvalue weighted by molar-refractivity contribution is -0.188. The monoisotopic (exact) mass is 357 g/mol. The lowest BCUT2D eigenvalue weighted by Gasteiger charge is -2.18. The van der Waals surface area contributed by atoms with Gasteiger partial charge in [0.25, 0.3) is 0 Å². The molecule has 2 rings (SSSR count). The van der Waals surface area contributed by atoms with E-state index in [9.17, 15) is 31.1 Å². The second-order valence-electron chi connectivity index (χ2n) is 5.43. The van der Waals surface area contributed by atoms with Gasteiger partial charge in [-0.05, 0) is 17.7 Å². The second kappa shape index (κ2) is 6.88. The van der Waals surface area contributed by atoms with Crippen molar-refractivity contribution < 1.29 is 41.0 Å². The van der Waals surface area contributed by atoms with E-state index < -0.39 is 48.7 Å². The number of carboxylic acid groups (broad SMARTS) is 1. The molecule has 1 aromatic rings. The highest BCUT2D eigenvalue weighted by molar-refractivity contribution is 5.71. The molecule has 1 saturated heterocycles. The van der Waals surface area contributed by atoms with Gasteiger partial charge in [0.2, 0.25) is 0 Å². The number of ether oxygens (including phenoxy) is 1. The van der Waals surface area contributed by atoms with E-state index in [1.807, 2.05) is 0 Å². The van der Waals surface area contributed by atoms with Gasteiger partial charge in [0.05, 0.1) is 11.8 Å². The van der Waals surface area contributed by atoms with Gasteiger partial charge in [0, 0.05) is 19.6 Å². The van der Waals surface area contributed by atoms with Crippen LogP contribution in [0, 0.1) is 17.7 Å². The molecular formula is C14H13F6NO3. The van der Waals surface area contributed by atoms with Crippen molar-refractivity contribution in [3.05, 3.63) is 29.6 Å². The van der Waals surface area contributed by atoms with Crippen molar-refractivity contribution in [2.75, 3.05) is 13.1 Å². The smallest absolute Gasteiger partial charge is 0.393 e. The summed E-state index contributed by atoms with van der Waals surface area (Å²) in [6.45, 7) is -4.21. The van der Waals surface area contributed by atoms with E-state index in [0.717, 1.165) is 12.1 Å². The van der Waals surface area contributed by atoms with Crippen molar-refractivity contribution in [1.29, 1.82) is 0 Å². The van der Waals surface area contributed by atoms with Crippen LogP contribution in [0.3, 0.4) is 0 Å². The first-order chi connectivity index (χ1) is 11.1. The molecule has 1 fully saturated rings. The SMILES string of the molecule is O=C(O)[C@@H]1CN(Cc2ccc(OC(F)F)c(F)c2)C[C@H]1C(F)(F)F. The summed E-state index contributed by atoms with van der Waals surface area (Å²) in [5.74, 6) is -6.91.